The quantitative estimate of drug-likeness (QED) is 0.853. The monoisotopic (exact) mass is 320 g/mol. The number of thiophene rings is 1. The molecule has 0 radical (unpaired) electrons. The molecular formula is C16H20N2O3S. The van der Waals surface area contributed by atoms with Crippen molar-refractivity contribution in [2.75, 3.05) is 6.54 Å². The Bertz CT molecular complexity index is 593. The molecule has 6 heteroatoms. The number of carbonyl (C=O) groups is 2. The molecule has 0 spiro atoms. The Morgan fingerprint density at radius 1 is 1.36 bits per heavy atom. The Morgan fingerprint density at radius 3 is 2.73 bits per heavy atom. The summed E-state index contributed by atoms with van der Waals surface area (Å²) in [6.07, 6.45) is 1.84. The van der Waals surface area contributed by atoms with Crippen LogP contribution in [-0.2, 0) is 16.1 Å². The third kappa shape index (κ3) is 4.46. The SMILES string of the molecule is CCN(Cc1ccco1)C(=O)CC(NC(C)=O)c1cccs1. The number of carbonyl (C=O) groups excluding carboxylic acids is 2. The lowest BCUT2D eigenvalue weighted by atomic mass is 10.1. The van der Waals surface area contributed by atoms with Crippen molar-refractivity contribution in [1.82, 2.24) is 10.2 Å². The molecule has 0 aliphatic heterocycles. The zero-order valence-corrected chi connectivity index (χ0v) is 13.6. The normalized spacial score (nSPS) is 11.9. The van der Waals surface area contributed by atoms with Crippen molar-refractivity contribution < 1.29 is 14.0 Å². The summed E-state index contributed by atoms with van der Waals surface area (Å²) in [6.45, 7) is 4.43. The van der Waals surface area contributed by atoms with Crippen molar-refractivity contribution in [2.45, 2.75) is 32.9 Å². The summed E-state index contributed by atoms with van der Waals surface area (Å²) in [5.74, 6) is 0.605. The lowest BCUT2D eigenvalue weighted by molar-refractivity contribution is -0.132. The summed E-state index contributed by atoms with van der Waals surface area (Å²) in [5.41, 5.74) is 0. The van der Waals surface area contributed by atoms with Gasteiger partial charge in [-0.25, -0.2) is 0 Å². The van der Waals surface area contributed by atoms with Gasteiger partial charge in [0.2, 0.25) is 11.8 Å². The fraction of sp³-hybridized carbons (Fsp3) is 0.375. The van der Waals surface area contributed by atoms with Crippen LogP contribution in [0.2, 0.25) is 0 Å². The van der Waals surface area contributed by atoms with Crippen molar-refractivity contribution in [1.29, 1.82) is 0 Å². The van der Waals surface area contributed by atoms with Gasteiger partial charge in [0.25, 0.3) is 0 Å². The molecule has 2 amide bonds. The van der Waals surface area contributed by atoms with Crippen LogP contribution in [0.5, 0.6) is 0 Å². The maximum Gasteiger partial charge on any atom is 0.225 e. The minimum absolute atomic E-state index is 0.00829. The second-order valence-electron chi connectivity index (χ2n) is 4.96. The number of amides is 2. The molecule has 5 nitrogen and oxygen atoms in total. The molecule has 1 N–H and O–H groups in total. The molecule has 0 bridgehead atoms. The van der Waals surface area contributed by atoms with Crippen molar-refractivity contribution in [3.63, 3.8) is 0 Å². The lowest BCUT2D eigenvalue weighted by Gasteiger charge is -2.23. The molecule has 2 aromatic heterocycles. The number of nitrogens with one attached hydrogen (secondary N) is 1. The van der Waals surface area contributed by atoms with Gasteiger partial charge in [-0.3, -0.25) is 9.59 Å². The van der Waals surface area contributed by atoms with E-state index in [0.717, 1.165) is 10.6 Å². The molecule has 2 heterocycles. The van der Waals surface area contributed by atoms with Crippen LogP contribution in [0.25, 0.3) is 0 Å². The smallest absolute Gasteiger partial charge is 0.225 e. The van der Waals surface area contributed by atoms with Gasteiger partial charge in [0.1, 0.15) is 5.76 Å². The highest BCUT2D eigenvalue weighted by atomic mass is 32.1. The van der Waals surface area contributed by atoms with E-state index in [4.69, 9.17) is 4.42 Å². The van der Waals surface area contributed by atoms with E-state index < -0.39 is 0 Å². The highest BCUT2D eigenvalue weighted by Crippen LogP contribution is 2.23. The topological polar surface area (TPSA) is 62.6 Å². The molecule has 2 rings (SSSR count). The Labute approximate surface area is 133 Å². The minimum atomic E-state index is -0.282. The van der Waals surface area contributed by atoms with E-state index in [1.165, 1.54) is 18.3 Å². The lowest BCUT2D eigenvalue weighted by Crippen LogP contribution is -2.35. The van der Waals surface area contributed by atoms with Crippen molar-refractivity contribution in [2.24, 2.45) is 0 Å². The molecule has 0 saturated carbocycles. The fourth-order valence-corrected chi connectivity index (χ4v) is 3.01. The summed E-state index contributed by atoms with van der Waals surface area (Å²) in [6, 6.07) is 7.22. The van der Waals surface area contributed by atoms with Crippen LogP contribution in [0.3, 0.4) is 0 Å². The van der Waals surface area contributed by atoms with Gasteiger partial charge >= 0.3 is 0 Å². The van der Waals surface area contributed by atoms with Crippen LogP contribution in [0, 0.1) is 0 Å². The van der Waals surface area contributed by atoms with Gasteiger partial charge < -0.3 is 14.6 Å². The predicted octanol–water partition coefficient (Wildman–Crippen LogP) is 2.96. The van der Waals surface area contributed by atoms with Gasteiger partial charge in [0, 0.05) is 18.3 Å². The molecule has 0 aromatic carbocycles. The highest BCUT2D eigenvalue weighted by Gasteiger charge is 2.22. The maximum atomic E-state index is 12.5. The zero-order chi connectivity index (χ0) is 15.9. The van der Waals surface area contributed by atoms with Gasteiger partial charge in [-0.05, 0) is 30.5 Å². The number of hydrogen-bond donors (Lipinski definition) is 1. The molecule has 0 aliphatic rings. The molecule has 1 atom stereocenters. The predicted molar refractivity (Wildman–Crippen MR) is 85.3 cm³/mol. The summed E-state index contributed by atoms with van der Waals surface area (Å²) in [5, 5.41) is 4.79. The summed E-state index contributed by atoms with van der Waals surface area (Å²) in [4.78, 5) is 26.6. The first kappa shape index (κ1) is 16.3. The van der Waals surface area contributed by atoms with Gasteiger partial charge in [-0.1, -0.05) is 6.07 Å². The zero-order valence-electron chi connectivity index (χ0n) is 12.7. The van der Waals surface area contributed by atoms with E-state index in [9.17, 15) is 9.59 Å². The van der Waals surface area contributed by atoms with E-state index in [-0.39, 0.29) is 24.3 Å². The molecule has 2 aromatic rings. The van der Waals surface area contributed by atoms with E-state index >= 15 is 0 Å². The molecule has 0 aliphatic carbocycles. The Hall–Kier alpha value is -2.08. The first-order valence-corrected chi connectivity index (χ1v) is 8.08. The number of rotatable bonds is 7. The second kappa shape index (κ2) is 7.79. The van der Waals surface area contributed by atoms with E-state index in [2.05, 4.69) is 5.32 Å². The Balaban J connectivity index is 2.04. The number of furan rings is 1. The first-order valence-electron chi connectivity index (χ1n) is 7.20. The average molecular weight is 320 g/mol. The molecule has 118 valence electrons. The molecule has 0 saturated heterocycles. The Kier molecular flexibility index (Phi) is 5.77. The largest absolute Gasteiger partial charge is 0.467 e. The van der Waals surface area contributed by atoms with Crippen LogP contribution in [0.15, 0.2) is 40.3 Å². The fourth-order valence-electron chi connectivity index (χ4n) is 2.23. The first-order chi connectivity index (χ1) is 10.6. The minimum Gasteiger partial charge on any atom is -0.467 e. The van der Waals surface area contributed by atoms with Crippen LogP contribution in [-0.4, -0.2) is 23.3 Å². The maximum absolute atomic E-state index is 12.5. The van der Waals surface area contributed by atoms with E-state index in [1.54, 1.807) is 17.2 Å². The van der Waals surface area contributed by atoms with Crippen LogP contribution < -0.4 is 5.32 Å². The molecule has 0 fully saturated rings. The number of hydrogen-bond acceptors (Lipinski definition) is 4. The summed E-state index contributed by atoms with van der Waals surface area (Å²) >= 11 is 1.54. The standard InChI is InChI=1S/C16H20N2O3S/c1-3-18(11-13-6-4-8-21-13)16(20)10-14(17-12(2)19)15-7-5-9-22-15/h4-9,14H,3,10-11H2,1-2H3,(H,17,19). The van der Waals surface area contributed by atoms with Crippen molar-refractivity contribution >= 4 is 23.2 Å². The van der Waals surface area contributed by atoms with Gasteiger partial charge in [0.05, 0.1) is 25.3 Å². The van der Waals surface area contributed by atoms with Gasteiger partial charge in [-0.2, -0.15) is 0 Å². The van der Waals surface area contributed by atoms with Gasteiger partial charge in [-0.15, -0.1) is 11.3 Å². The van der Waals surface area contributed by atoms with Crippen LogP contribution in [0.1, 0.15) is 36.9 Å². The molecule has 22 heavy (non-hydrogen) atoms. The molecular weight excluding hydrogens is 300 g/mol. The van der Waals surface area contributed by atoms with E-state index in [0.29, 0.717) is 13.1 Å². The Morgan fingerprint density at radius 2 is 2.18 bits per heavy atom. The third-order valence-corrected chi connectivity index (χ3v) is 4.29. The van der Waals surface area contributed by atoms with Crippen molar-refractivity contribution in [3.05, 3.63) is 46.5 Å². The average Bonchev–Trinajstić information content (AvgIpc) is 3.16. The third-order valence-electron chi connectivity index (χ3n) is 3.30. The van der Waals surface area contributed by atoms with Crippen LogP contribution in [0.4, 0.5) is 0 Å². The summed E-state index contributed by atoms with van der Waals surface area (Å²) < 4.78 is 5.30. The van der Waals surface area contributed by atoms with Crippen molar-refractivity contribution in [3.8, 4) is 0 Å². The second-order valence-corrected chi connectivity index (χ2v) is 5.94. The summed E-state index contributed by atoms with van der Waals surface area (Å²) in [7, 11) is 0. The molecule has 1 unspecified atom stereocenters. The van der Waals surface area contributed by atoms with Crippen LogP contribution >= 0.6 is 11.3 Å². The van der Waals surface area contributed by atoms with Gasteiger partial charge in [0.15, 0.2) is 0 Å². The number of nitrogens with zero attached hydrogens (tertiary/aromatic N) is 1. The van der Waals surface area contributed by atoms with E-state index in [1.807, 2.05) is 30.5 Å². The highest BCUT2D eigenvalue weighted by molar-refractivity contribution is 7.10.